The largest absolute Gasteiger partial charge is 0.490 e. The van der Waals surface area contributed by atoms with E-state index in [1.54, 1.807) is 0 Å². The molecule has 4 N–H and O–H groups in total. The van der Waals surface area contributed by atoms with Crippen molar-refractivity contribution >= 4 is 92.7 Å². The van der Waals surface area contributed by atoms with Gasteiger partial charge in [-0.25, -0.2) is 19.9 Å². The molecule has 456 valence electrons. The van der Waals surface area contributed by atoms with Gasteiger partial charge in [0.2, 0.25) is 0 Å². The summed E-state index contributed by atoms with van der Waals surface area (Å²) in [5, 5.41) is 0. The third-order valence-corrected chi connectivity index (χ3v) is 18.2. The fourth-order valence-electron chi connectivity index (χ4n) is 13.1. The second kappa shape index (κ2) is 21.7. The molecule has 0 saturated carbocycles. The van der Waals surface area contributed by atoms with E-state index in [-0.39, 0.29) is 21.7 Å². The van der Waals surface area contributed by atoms with E-state index in [4.69, 9.17) is 29.4 Å². The first-order valence-corrected chi connectivity index (χ1v) is 32.1. The predicted octanol–water partition coefficient (Wildman–Crippen LogP) is 20.9. The highest BCUT2D eigenvalue weighted by atomic mass is 16.5. The fraction of sp³-hybridized carbons (Fsp3) is 0.220. The summed E-state index contributed by atoms with van der Waals surface area (Å²) in [6.45, 7) is 28.2. The molecule has 4 aromatic carbocycles. The third kappa shape index (κ3) is 10.9. The number of H-pyrrole nitrogens is 4. The van der Waals surface area contributed by atoms with Gasteiger partial charge in [-0.05, 0) is 200 Å². The van der Waals surface area contributed by atoms with E-state index in [0.29, 0.717) is 24.7 Å². The van der Waals surface area contributed by atoms with Gasteiger partial charge in [0.25, 0.3) is 0 Å². The first-order chi connectivity index (χ1) is 44.0. The van der Waals surface area contributed by atoms with Crippen LogP contribution in [0.5, 0.6) is 11.5 Å². The number of hydrogen-bond acceptors (Lipinski definition) is 6. The zero-order valence-corrected chi connectivity index (χ0v) is 54.5. The summed E-state index contributed by atoms with van der Waals surface area (Å²) in [5.41, 5.74) is 27.6. The molecular weight excluding hydrogens is 1130 g/mol. The van der Waals surface area contributed by atoms with Crippen molar-refractivity contribution in [1.29, 1.82) is 0 Å². The molecule has 10 heteroatoms. The van der Waals surface area contributed by atoms with Crippen LogP contribution in [-0.2, 0) is 21.7 Å². The Labute approximate surface area is 537 Å². The summed E-state index contributed by atoms with van der Waals surface area (Å²) < 4.78 is 13.1. The molecule has 6 aromatic heterocycles. The number of ether oxygens (including phenoxy) is 2. The highest BCUT2D eigenvalue weighted by Gasteiger charge is 2.28. The Hall–Kier alpha value is -10.3. The Morgan fingerprint density at radius 2 is 0.587 bits per heavy atom. The number of nitrogens with zero attached hydrogens (tertiary/aromatic N) is 4. The molecule has 0 aliphatic carbocycles. The number of benzene rings is 4. The van der Waals surface area contributed by atoms with Crippen LogP contribution in [0.15, 0.2) is 146 Å². The van der Waals surface area contributed by atoms with Crippen LogP contribution in [0.2, 0.25) is 0 Å². The molecule has 0 fully saturated rings. The molecule has 10 aromatic rings. The molecule has 24 bridgehead atoms. The molecule has 0 saturated heterocycles. The van der Waals surface area contributed by atoms with E-state index in [0.717, 1.165) is 145 Å². The Morgan fingerprint density at radius 3 is 0.957 bits per heavy atom. The Kier molecular flexibility index (Phi) is 13.7. The molecule has 0 unspecified atom stereocenters. The maximum Gasteiger partial charge on any atom is 0.122 e. The van der Waals surface area contributed by atoms with Crippen LogP contribution in [0.1, 0.15) is 151 Å². The van der Waals surface area contributed by atoms with E-state index < -0.39 is 0 Å². The lowest BCUT2D eigenvalue weighted by Gasteiger charge is -2.26. The standard InChI is InChI=1S/C82H76N8O2/c1-79(2,3)51-37-49(38-52(43-51)80(4,5)6)75-63-25-21-57(85-63)45-55-19-23-61(83-55)73-47-15-13-17-59(41-47)91-35-36-92-60-18-14-16-48(42-60)74-62-24-20-56(84-62)46-58-22-26-64(86-58)76(50-39-53(81(7,8)9)44-54(40-50)82(10,11)12)68-30-34-72(90-68)78(70-32-28-66(74)88-70)77(69-31-27-65(73)87-69)71-33-29-67(75)89-71/h13-34,37-46,85-88H,35-36H2,1-12H3. The lowest BCUT2D eigenvalue weighted by molar-refractivity contribution is 0.217. The lowest BCUT2D eigenvalue weighted by Crippen LogP contribution is -2.16. The van der Waals surface area contributed by atoms with Crippen LogP contribution < -0.4 is 9.47 Å². The maximum atomic E-state index is 6.53. The molecule has 0 atom stereocenters. The molecule has 0 spiro atoms. The van der Waals surface area contributed by atoms with Crippen LogP contribution in [-0.4, -0.2) is 53.1 Å². The Morgan fingerprint density at radius 1 is 0.283 bits per heavy atom. The van der Waals surface area contributed by atoms with Gasteiger partial charge in [-0.2, -0.15) is 0 Å². The van der Waals surface area contributed by atoms with Gasteiger partial charge >= 0.3 is 0 Å². The average Bonchev–Trinajstić information content (AvgIpc) is 1.62. The molecule has 0 radical (unpaired) electrons. The van der Waals surface area contributed by atoms with Crippen molar-refractivity contribution in [3.05, 3.63) is 213 Å². The first kappa shape index (κ1) is 58.1. The van der Waals surface area contributed by atoms with Crippen LogP contribution in [0.4, 0.5) is 0 Å². The summed E-state index contributed by atoms with van der Waals surface area (Å²) in [5.74, 6) is 1.43. The van der Waals surface area contributed by atoms with Crippen molar-refractivity contribution in [2.24, 2.45) is 0 Å². The number of fused-ring (bicyclic) bond motifs is 23. The van der Waals surface area contributed by atoms with E-state index in [2.05, 4.69) is 273 Å². The van der Waals surface area contributed by atoms with Crippen molar-refractivity contribution in [3.8, 4) is 67.1 Å². The van der Waals surface area contributed by atoms with Gasteiger partial charge in [0.1, 0.15) is 24.7 Å². The quantitative estimate of drug-likeness (QED) is 0.136. The summed E-state index contributed by atoms with van der Waals surface area (Å²) >= 11 is 0. The molecule has 5 aliphatic rings. The van der Waals surface area contributed by atoms with Gasteiger partial charge in [-0.15, -0.1) is 0 Å². The van der Waals surface area contributed by atoms with Crippen molar-refractivity contribution in [2.75, 3.05) is 13.2 Å². The summed E-state index contributed by atoms with van der Waals surface area (Å²) in [6.07, 6.45) is 17.2. The topological polar surface area (TPSA) is 133 Å². The molecule has 0 amide bonds. The van der Waals surface area contributed by atoms with Gasteiger partial charge < -0.3 is 29.4 Å². The van der Waals surface area contributed by atoms with E-state index in [9.17, 15) is 0 Å². The van der Waals surface area contributed by atoms with Crippen LogP contribution >= 0.6 is 0 Å². The van der Waals surface area contributed by atoms with E-state index in [1.807, 2.05) is 24.3 Å². The number of hydrogen-bond donors (Lipinski definition) is 4. The molecule has 5 aliphatic heterocycles. The summed E-state index contributed by atoms with van der Waals surface area (Å²) in [6, 6.07) is 52.4. The van der Waals surface area contributed by atoms with Crippen LogP contribution in [0.25, 0.3) is 148 Å². The SMILES string of the molecule is CC(C)(C)c1cc(-c2c3nc(c4c5ccc([nH]5)c(c5nc(cc6ccc2[nH]6)C=C5)-c2cccc(c2)OCCOc2cccc(c2)-c2c5nc(cc6ccc([nH]6)c(-c6cc(C(C)(C)C)cc(C(C)(C)C)c6)c6nc(c-4c4ccc2[nH]4)C=C6)C=C5)C=C3)cc(C(C)(C)C)c1. The zero-order chi connectivity index (χ0) is 63.6. The second-order valence-corrected chi connectivity index (χ2v) is 29.1. The van der Waals surface area contributed by atoms with Gasteiger partial charge in [0.15, 0.2) is 0 Å². The highest BCUT2D eigenvalue weighted by Crippen LogP contribution is 2.45. The van der Waals surface area contributed by atoms with Crippen molar-refractivity contribution in [2.45, 2.75) is 105 Å². The maximum absolute atomic E-state index is 6.53. The van der Waals surface area contributed by atoms with Gasteiger partial charge in [0.05, 0.1) is 45.6 Å². The zero-order valence-electron chi connectivity index (χ0n) is 54.5. The Balaban J connectivity index is 1.15. The predicted molar refractivity (Wildman–Crippen MR) is 384 cm³/mol. The minimum atomic E-state index is -0.138. The number of aromatic amines is 4. The highest BCUT2D eigenvalue weighted by molar-refractivity contribution is 6.05. The number of rotatable bonds is 2. The van der Waals surface area contributed by atoms with Crippen LogP contribution in [0, 0.1) is 0 Å². The molecule has 92 heavy (non-hydrogen) atoms. The summed E-state index contributed by atoms with van der Waals surface area (Å²) in [7, 11) is 0. The molecular formula is C82H76N8O2. The average molecular weight is 1210 g/mol. The van der Waals surface area contributed by atoms with Gasteiger partial charge in [-0.3, -0.25) is 0 Å². The van der Waals surface area contributed by atoms with Crippen molar-refractivity contribution in [1.82, 2.24) is 39.9 Å². The normalized spacial score (nSPS) is 13.8. The minimum Gasteiger partial charge on any atom is -0.490 e. The molecule has 15 rings (SSSR count). The van der Waals surface area contributed by atoms with Crippen molar-refractivity contribution < 1.29 is 9.47 Å². The molecule has 10 nitrogen and oxygen atoms in total. The fourth-order valence-corrected chi connectivity index (χ4v) is 13.1. The van der Waals surface area contributed by atoms with Gasteiger partial charge in [-0.1, -0.05) is 144 Å². The first-order valence-electron chi connectivity index (χ1n) is 32.1. The molecule has 11 heterocycles. The van der Waals surface area contributed by atoms with E-state index >= 15 is 0 Å². The van der Waals surface area contributed by atoms with Gasteiger partial charge in [0, 0.05) is 77.5 Å². The van der Waals surface area contributed by atoms with Crippen LogP contribution in [0.3, 0.4) is 0 Å². The summed E-state index contributed by atoms with van der Waals surface area (Å²) in [4.78, 5) is 38.5. The van der Waals surface area contributed by atoms with Crippen molar-refractivity contribution in [3.63, 3.8) is 0 Å². The number of nitrogens with one attached hydrogen (secondary N) is 4. The smallest absolute Gasteiger partial charge is 0.122 e. The second-order valence-electron chi connectivity index (χ2n) is 29.1. The third-order valence-electron chi connectivity index (χ3n) is 18.2. The Bertz CT molecular complexity index is 4830. The number of aromatic nitrogens is 8. The minimum absolute atomic E-state index is 0.138. The monoisotopic (exact) mass is 1200 g/mol. The lowest BCUT2D eigenvalue weighted by atomic mass is 9.78. The van der Waals surface area contributed by atoms with E-state index in [1.165, 1.54) is 22.3 Å².